The van der Waals surface area contributed by atoms with Gasteiger partial charge in [-0.1, -0.05) is 60.5 Å². The standard InChI is InChI=1S/C27H25ClN2O2/c28-21-15-13-19(14-16-21)25(30-17-7-2-8-18-30)26-24(22-11-5-6-12-23(22)32-26)29-27(31)20-9-3-1-4-10-20/h1,3-6,9-16,25H,2,7-8,17-18H2,(H,29,31). The van der Waals surface area contributed by atoms with Crippen LogP contribution >= 0.6 is 11.6 Å². The molecule has 1 unspecified atom stereocenters. The monoisotopic (exact) mass is 444 g/mol. The number of nitrogens with zero attached hydrogens (tertiary/aromatic N) is 1. The number of fused-ring (bicyclic) bond motifs is 1. The van der Waals surface area contributed by atoms with Gasteiger partial charge in [0.2, 0.25) is 0 Å². The third kappa shape index (κ3) is 4.16. The highest BCUT2D eigenvalue weighted by Gasteiger charge is 2.31. The molecule has 1 amide bonds. The van der Waals surface area contributed by atoms with E-state index in [1.807, 2.05) is 66.7 Å². The highest BCUT2D eigenvalue weighted by molar-refractivity contribution is 6.30. The Balaban J connectivity index is 1.63. The van der Waals surface area contributed by atoms with Crippen molar-refractivity contribution >= 4 is 34.2 Å². The van der Waals surface area contributed by atoms with Gasteiger partial charge in [-0.05, 0) is 67.9 Å². The predicted octanol–water partition coefficient (Wildman–Crippen LogP) is 6.91. The minimum Gasteiger partial charge on any atom is -0.457 e. The Labute approximate surface area is 192 Å². The number of piperidine rings is 1. The van der Waals surface area contributed by atoms with Crippen LogP contribution in [0.5, 0.6) is 0 Å². The number of anilines is 1. The zero-order chi connectivity index (χ0) is 21.9. The number of furan rings is 1. The number of halogens is 1. The van der Waals surface area contributed by atoms with E-state index in [2.05, 4.69) is 22.3 Å². The Morgan fingerprint density at radius 3 is 2.31 bits per heavy atom. The van der Waals surface area contributed by atoms with E-state index in [1.54, 1.807) is 0 Å². The molecule has 0 spiro atoms. The lowest BCUT2D eigenvalue weighted by Crippen LogP contribution is -2.34. The fraction of sp³-hybridized carbons (Fsp3) is 0.222. The molecule has 4 nitrogen and oxygen atoms in total. The van der Waals surface area contributed by atoms with Gasteiger partial charge in [0.25, 0.3) is 5.91 Å². The van der Waals surface area contributed by atoms with Gasteiger partial charge >= 0.3 is 0 Å². The van der Waals surface area contributed by atoms with Gasteiger partial charge in [0, 0.05) is 16.0 Å². The molecule has 5 heteroatoms. The Bertz CT molecular complexity index is 1210. The van der Waals surface area contributed by atoms with Crippen LogP contribution in [0.3, 0.4) is 0 Å². The SMILES string of the molecule is O=C(Nc1c(C(c2ccc(Cl)cc2)N2CCCCC2)oc2ccccc12)c1ccccc1. The van der Waals surface area contributed by atoms with Gasteiger partial charge in [0.05, 0.1) is 11.7 Å². The van der Waals surface area contributed by atoms with E-state index < -0.39 is 0 Å². The molecular formula is C27H25ClN2O2. The van der Waals surface area contributed by atoms with Crippen molar-refractivity contribution in [3.8, 4) is 0 Å². The predicted molar refractivity (Wildman–Crippen MR) is 129 cm³/mol. The summed E-state index contributed by atoms with van der Waals surface area (Å²) < 4.78 is 6.45. The largest absolute Gasteiger partial charge is 0.457 e. The molecule has 1 N–H and O–H groups in total. The summed E-state index contributed by atoms with van der Waals surface area (Å²) in [6.07, 6.45) is 3.54. The molecule has 0 bridgehead atoms. The average Bonchev–Trinajstić information content (AvgIpc) is 3.19. The van der Waals surface area contributed by atoms with Crippen molar-refractivity contribution in [1.29, 1.82) is 0 Å². The van der Waals surface area contributed by atoms with E-state index in [0.29, 0.717) is 10.6 Å². The van der Waals surface area contributed by atoms with Crippen molar-refractivity contribution in [3.05, 3.63) is 101 Å². The highest BCUT2D eigenvalue weighted by atomic mass is 35.5. The molecule has 32 heavy (non-hydrogen) atoms. The number of hydrogen-bond acceptors (Lipinski definition) is 3. The summed E-state index contributed by atoms with van der Waals surface area (Å²) in [6, 6.07) is 25.0. The van der Waals surface area contributed by atoms with Crippen molar-refractivity contribution in [2.45, 2.75) is 25.3 Å². The number of hydrogen-bond donors (Lipinski definition) is 1. The summed E-state index contributed by atoms with van der Waals surface area (Å²) in [5.41, 5.74) is 3.22. The van der Waals surface area contributed by atoms with E-state index in [1.165, 1.54) is 6.42 Å². The zero-order valence-corrected chi connectivity index (χ0v) is 18.5. The molecule has 1 aromatic heterocycles. The topological polar surface area (TPSA) is 45.5 Å². The number of nitrogens with one attached hydrogen (secondary N) is 1. The summed E-state index contributed by atoms with van der Waals surface area (Å²) >= 11 is 6.19. The van der Waals surface area contributed by atoms with Gasteiger partial charge in [-0.2, -0.15) is 0 Å². The molecule has 5 rings (SSSR count). The lowest BCUT2D eigenvalue weighted by Gasteiger charge is -2.34. The summed E-state index contributed by atoms with van der Waals surface area (Å²) in [7, 11) is 0. The third-order valence-corrected chi connectivity index (χ3v) is 6.34. The molecule has 162 valence electrons. The minimum absolute atomic E-state index is 0.106. The Morgan fingerprint density at radius 1 is 0.875 bits per heavy atom. The smallest absolute Gasteiger partial charge is 0.255 e. The molecule has 3 aromatic carbocycles. The molecular weight excluding hydrogens is 420 g/mol. The van der Waals surface area contributed by atoms with Crippen LogP contribution < -0.4 is 5.32 Å². The molecule has 0 saturated carbocycles. The van der Waals surface area contributed by atoms with E-state index in [9.17, 15) is 4.79 Å². The fourth-order valence-corrected chi connectivity index (χ4v) is 4.64. The van der Waals surface area contributed by atoms with Gasteiger partial charge in [-0.15, -0.1) is 0 Å². The van der Waals surface area contributed by atoms with Crippen LogP contribution in [0.15, 0.2) is 83.3 Å². The number of likely N-dealkylation sites (tertiary alicyclic amines) is 1. The number of rotatable bonds is 5. The first kappa shape index (κ1) is 20.8. The van der Waals surface area contributed by atoms with Crippen LogP contribution in [0.2, 0.25) is 5.02 Å². The van der Waals surface area contributed by atoms with Gasteiger partial charge < -0.3 is 9.73 Å². The van der Waals surface area contributed by atoms with Crippen LogP contribution in [-0.4, -0.2) is 23.9 Å². The van der Waals surface area contributed by atoms with E-state index in [-0.39, 0.29) is 11.9 Å². The van der Waals surface area contributed by atoms with Gasteiger partial charge in [0.1, 0.15) is 11.3 Å². The Kier molecular flexibility index (Phi) is 5.97. The number of benzene rings is 3. The summed E-state index contributed by atoms with van der Waals surface area (Å²) in [5, 5.41) is 4.77. The van der Waals surface area contributed by atoms with Crippen LogP contribution in [-0.2, 0) is 0 Å². The van der Waals surface area contributed by atoms with E-state index >= 15 is 0 Å². The van der Waals surface area contributed by atoms with Crippen molar-refractivity contribution in [3.63, 3.8) is 0 Å². The van der Waals surface area contributed by atoms with Crippen LogP contribution in [0.4, 0.5) is 5.69 Å². The van der Waals surface area contributed by atoms with Crippen LogP contribution in [0.1, 0.15) is 47.0 Å². The normalized spacial score (nSPS) is 15.5. The highest BCUT2D eigenvalue weighted by Crippen LogP contribution is 2.41. The quantitative estimate of drug-likeness (QED) is 0.363. The summed E-state index contributed by atoms with van der Waals surface area (Å²) in [5.74, 6) is 0.617. The number of para-hydroxylation sites is 1. The lowest BCUT2D eigenvalue weighted by atomic mass is 9.98. The molecule has 2 heterocycles. The maximum atomic E-state index is 13.1. The van der Waals surface area contributed by atoms with Gasteiger partial charge in [0.15, 0.2) is 0 Å². The van der Waals surface area contributed by atoms with Crippen molar-refractivity contribution < 1.29 is 9.21 Å². The molecule has 1 fully saturated rings. The molecule has 1 saturated heterocycles. The second-order valence-corrected chi connectivity index (χ2v) is 8.64. The second-order valence-electron chi connectivity index (χ2n) is 8.21. The molecule has 1 atom stereocenters. The average molecular weight is 445 g/mol. The minimum atomic E-state index is -0.146. The number of carbonyl (C=O) groups is 1. The molecule has 4 aromatic rings. The third-order valence-electron chi connectivity index (χ3n) is 6.09. The number of amides is 1. The maximum Gasteiger partial charge on any atom is 0.255 e. The summed E-state index contributed by atoms with van der Waals surface area (Å²) in [6.45, 7) is 1.97. The molecule has 1 aliphatic heterocycles. The molecule has 0 radical (unpaired) electrons. The van der Waals surface area contributed by atoms with E-state index in [4.69, 9.17) is 16.0 Å². The van der Waals surface area contributed by atoms with Crippen LogP contribution in [0.25, 0.3) is 11.0 Å². The van der Waals surface area contributed by atoms with Crippen molar-refractivity contribution in [2.75, 3.05) is 18.4 Å². The fourth-order valence-electron chi connectivity index (χ4n) is 4.51. The lowest BCUT2D eigenvalue weighted by molar-refractivity contribution is 0.102. The second kappa shape index (κ2) is 9.19. The molecule has 1 aliphatic rings. The zero-order valence-electron chi connectivity index (χ0n) is 17.8. The first-order chi connectivity index (χ1) is 15.7. The first-order valence-electron chi connectivity index (χ1n) is 11.1. The summed E-state index contributed by atoms with van der Waals surface area (Å²) in [4.78, 5) is 15.6. The first-order valence-corrected chi connectivity index (χ1v) is 11.5. The van der Waals surface area contributed by atoms with Gasteiger partial charge in [-0.3, -0.25) is 9.69 Å². The van der Waals surface area contributed by atoms with Crippen LogP contribution in [0, 0.1) is 0 Å². The Morgan fingerprint density at radius 2 is 1.56 bits per heavy atom. The Hall–Kier alpha value is -3.08. The van der Waals surface area contributed by atoms with Crippen molar-refractivity contribution in [2.24, 2.45) is 0 Å². The maximum absolute atomic E-state index is 13.1. The number of carbonyl (C=O) groups excluding carboxylic acids is 1. The van der Waals surface area contributed by atoms with E-state index in [0.717, 1.165) is 53.9 Å². The van der Waals surface area contributed by atoms with Crippen molar-refractivity contribution in [1.82, 2.24) is 4.90 Å². The molecule has 0 aliphatic carbocycles. The van der Waals surface area contributed by atoms with Gasteiger partial charge in [-0.25, -0.2) is 0 Å².